The molecule has 0 aromatic heterocycles. The minimum atomic E-state index is 1.10. The number of nitrogens with two attached hydrogens (primary N) is 1. The lowest BCUT2D eigenvalue weighted by molar-refractivity contribution is 1.03. The number of nitrogens with zero attached hydrogens (tertiary/aromatic N) is 1. The van der Waals surface area contributed by atoms with Crippen LogP contribution in [0.15, 0.2) is 5.10 Å². The quantitative estimate of drug-likeness (QED) is 0.375. The summed E-state index contributed by atoms with van der Waals surface area (Å²) >= 11 is 1.77. The van der Waals surface area contributed by atoms with E-state index in [4.69, 9.17) is 5.84 Å². The molecular formula is C4H8N2S. The van der Waals surface area contributed by atoms with Crippen LogP contribution in [0, 0.1) is 0 Å². The van der Waals surface area contributed by atoms with Crippen LogP contribution in [0.2, 0.25) is 0 Å². The molecule has 0 radical (unpaired) electrons. The summed E-state index contributed by atoms with van der Waals surface area (Å²) in [6.07, 6.45) is 2.35. The van der Waals surface area contributed by atoms with Gasteiger partial charge in [0.2, 0.25) is 0 Å². The van der Waals surface area contributed by atoms with Crippen LogP contribution in [0.1, 0.15) is 12.8 Å². The van der Waals surface area contributed by atoms with Gasteiger partial charge in [0.05, 0.1) is 5.04 Å². The third kappa shape index (κ3) is 1.09. The first kappa shape index (κ1) is 4.97. The smallest absolute Gasteiger partial charge is 0.0929 e. The van der Waals surface area contributed by atoms with Crippen LogP contribution in [-0.2, 0) is 0 Å². The number of rotatable bonds is 0. The molecule has 2 nitrogen and oxygen atoms in total. The lowest BCUT2D eigenvalue weighted by Crippen LogP contribution is -1.88. The summed E-state index contributed by atoms with van der Waals surface area (Å²) in [4.78, 5) is 0. The van der Waals surface area contributed by atoms with E-state index < -0.39 is 0 Å². The van der Waals surface area contributed by atoms with Crippen molar-refractivity contribution >= 4 is 16.8 Å². The van der Waals surface area contributed by atoms with E-state index in [0.29, 0.717) is 0 Å². The van der Waals surface area contributed by atoms with Gasteiger partial charge in [0, 0.05) is 0 Å². The van der Waals surface area contributed by atoms with Crippen LogP contribution < -0.4 is 5.84 Å². The average Bonchev–Trinajstić information content (AvgIpc) is 2.14. The molecule has 1 aliphatic heterocycles. The largest absolute Gasteiger partial charge is 0.323 e. The van der Waals surface area contributed by atoms with Gasteiger partial charge < -0.3 is 5.84 Å². The molecule has 1 saturated heterocycles. The van der Waals surface area contributed by atoms with Crippen molar-refractivity contribution in [3.05, 3.63) is 0 Å². The van der Waals surface area contributed by atoms with E-state index in [-0.39, 0.29) is 0 Å². The number of thioether (sulfide) groups is 1. The summed E-state index contributed by atoms with van der Waals surface area (Å²) < 4.78 is 0. The van der Waals surface area contributed by atoms with Gasteiger partial charge in [-0.3, -0.25) is 0 Å². The molecule has 0 bridgehead atoms. The fraction of sp³-hybridized carbons (Fsp3) is 0.750. The highest BCUT2D eigenvalue weighted by molar-refractivity contribution is 8.14. The van der Waals surface area contributed by atoms with Crippen molar-refractivity contribution < 1.29 is 0 Å². The van der Waals surface area contributed by atoms with Gasteiger partial charge in [-0.25, -0.2) is 0 Å². The van der Waals surface area contributed by atoms with E-state index in [9.17, 15) is 0 Å². The maximum absolute atomic E-state index is 5.00. The molecule has 1 aliphatic rings. The molecule has 1 fully saturated rings. The van der Waals surface area contributed by atoms with Gasteiger partial charge in [0.1, 0.15) is 0 Å². The summed E-state index contributed by atoms with van der Waals surface area (Å²) in [7, 11) is 0. The molecule has 2 N–H and O–H groups in total. The van der Waals surface area contributed by atoms with Crippen molar-refractivity contribution in [1.82, 2.24) is 0 Å². The van der Waals surface area contributed by atoms with Crippen LogP contribution in [0.25, 0.3) is 0 Å². The molecule has 0 unspecified atom stereocenters. The van der Waals surface area contributed by atoms with E-state index in [1.165, 1.54) is 12.2 Å². The lowest BCUT2D eigenvalue weighted by atomic mass is 10.4. The van der Waals surface area contributed by atoms with Crippen molar-refractivity contribution in [3.8, 4) is 0 Å². The molecule has 0 saturated carbocycles. The molecule has 0 atom stereocenters. The minimum Gasteiger partial charge on any atom is -0.323 e. The normalized spacial score (nSPS) is 26.6. The van der Waals surface area contributed by atoms with Gasteiger partial charge in [-0.05, 0) is 18.6 Å². The highest BCUT2D eigenvalue weighted by Gasteiger charge is 2.06. The first-order valence-corrected chi connectivity index (χ1v) is 3.31. The van der Waals surface area contributed by atoms with Crippen LogP contribution in [0.5, 0.6) is 0 Å². The van der Waals surface area contributed by atoms with E-state index in [0.717, 1.165) is 11.5 Å². The third-order valence-corrected chi connectivity index (χ3v) is 2.08. The Hall–Kier alpha value is -0.180. The molecule has 1 rings (SSSR count). The maximum Gasteiger partial charge on any atom is 0.0929 e. The summed E-state index contributed by atoms with van der Waals surface area (Å²) in [5, 5.41) is 4.68. The summed E-state index contributed by atoms with van der Waals surface area (Å²) in [6, 6.07) is 0. The topological polar surface area (TPSA) is 38.4 Å². The number of hydrazone groups is 1. The summed E-state index contributed by atoms with van der Waals surface area (Å²) in [6.45, 7) is 0. The van der Waals surface area contributed by atoms with Crippen LogP contribution in [0.3, 0.4) is 0 Å². The van der Waals surface area contributed by atoms with Gasteiger partial charge in [-0.1, -0.05) is 0 Å². The third-order valence-electron chi connectivity index (χ3n) is 0.948. The van der Waals surface area contributed by atoms with Crippen LogP contribution >= 0.6 is 11.8 Å². The van der Waals surface area contributed by atoms with Gasteiger partial charge >= 0.3 is 0 Å². The van der Waals surface area contributed by atoms with Gasteiger partial charge in [0.15, 0.2) is 0 Å². The monoisotopic (exact) mass is 116 g/mol. The Bertz CT molecular complexity index is 81.7. The average molecular weight is 116 g/mol. The Labute approximate surface area is 47.2 Å². The van der Waals surface area contributed by atoms with Crippen molar-refractivity contribution in [1.29, 1.82) is 0 Å². The van der Waals surface area contributed by atoms with E-state index >= 15 is 0 Å². The fourth-order valence-corrected chi connectivity index (χ4v) is 1.47. The molecule has 0 aromatic rings. The van der Waals surface area contributed by atoms with E-state index in [1.54, 1.807) is 11.8 Å². The predicted molar refractivity (Wildman–Crippen MR) is 33.3 cm³/mol. The lowest BCUT2D eigenvalue weighted by Gasteiger charge is -1.83. The molecule has 0 aliphatic carbocycles. The Morgan fingerprint density at radius 1 is 1.71 bits per heavy atom. The van der Waals surface area contributed by atoms with Crippen molar-refractivity contribution in [2.24, 2.45) is 10.9 Å². The Balaban J connectivity index is 2.41. The van der Waals surface area contributed by atoms with Gasteiger partial charge in [-0.15, -0.1) is 11.8 Å². The van der Waals surface area contributed by atoms with Crippen LogP contribution in [-0.4, -0.2) is 10.8 Å². The highest BCUT2D eigenvalue weighted by Crippen LogP contribution is 2.18. The molecule has 7 heavy (non-hydrogen) atoms. The molecule has 40 valence electrons. The van der Waals surface area contributed by atoms with Gasteiger partial charge in [-0.2, -0.15) is 5.10 Å². The second-order valence-electron chi connectivity index (χ2n) is 1.47. The molecule has 0 aromatic carbocycles. The minimum absolute atomic E-state index is 1.10. The Morgan fingerprint density at radius 2 is 2.57 bits per heavy atom. The molecule has 1 heterocycles. The zero-order valence-corrected chi connectivity index (χ0v) is 4.87. The molecular weight excluding hydrogens is 108 g/mol. The molecule has 0 spiro atoms. The second kappa shape index (κ2) is 2.21. The number of hydrogen-bond donors (Lipinski definition) is 1. The predicted octanol–water partition coefficient (Wildman–Crippen LogP) is 0.786. The maximum atomic E-state index is 5.00. The molecule has 3 heteroatoms. The number of hydrogen-bond acceptors (Lipinski definition) is 3. The second-order valence-corrected chi connectivity index (χ2v) is 2.64. The van der Waals surface area contributed by atoms with Crippen molar-refractivity contribution in [2.45, 2.75) is 12.8 Å². The van der Waals surface area contributed by atoms with E-state index in [1.807, 2.05) is 0 Å². The van der Waals surface area contributed by atoms with E-state index in [2.05, 4.69) is 5.10 Å². The SMILES string of the molecule is NN=C1CCCS1. The first-order valence-electron chi connectivity index (χ1n) is 2.33. The Kier molecular flexibility index (Phi) is 1.57. The summed E-state index contributed by atoms with van der Waals surface area (Å²) in [5.74, 6) is 6.21. The highest BCUT2D eigenvalue weighted by atomic mass is 32.2. The van der Waals surface area contributed by atoms with Gasteiger partial charge in [0.25, 0.3) is 0 Å². The van der Waals surface area contributed by atoms with Crippen molar-refractivity contribution in [2.75, 3.05) is 5.75 Å². The van der Waals surface area contributed by atoms with Crippen LogP contribution in [0.4, 0.5) is 0 Å². The zero-order valence-electron chi connectivity index (χ0n) is 4.05. The molecule has 0 amide bonds. The standard InChI is InChI=1S/C4H8N2S/c5-6-4-2-1-3-7-4/h1-3,5H2. The fourth-order valence-electron chi connectivity index (χ4n) is 0.587. The first-order chi connectivity index (χ1) is 3.43. The Morgan fingerprint density at radius 3 is 2.86 bits per heavy atom. The summed E-state index contributed by atoms with van der Waals surface area (Å²) in [5.41, 5.74) is 0. The van der Waals surface area contributed by atoms with Crippen molar-refractivity contribution in [3.63, 3.8) is 0 Å². The zero-order chi connectivity index (χ0) is 5.11.